The van der Waals surface area contributed by atoms with Crippen LogP contribution in [0.5, 0.6) is 5.75 Å². The predicted molar refractivity (Wildman–Crippen MR) is 129 cm³/mol. The molecule has 0 heterocycles. The lowest BCUT2D eigenvalue weighted by molar-refractivity contribution is 0.0494. The van der Waals surface area contributed by atoms with Gasteiger partial charge in [-0.2, -0.15) is 0 Å². The quantitative estimate of drug-likeness (QED) is 0.266. The fourth-order valence-corrected chi connectivity index (χ4v) is 4.64. The summed E-state index contributed by atoms with van der Waals surface area (Å²) in [7, 11) is 2.47. The molecule has 3 aromatic carbocycles. The average molecular weight is 421 g/mol. The highest BCUT2D eigenvalue weighted by Gasteiger charge is 2.28. The van der Waals surface area contributed by atoms with Crippen molar-refractivity contribution in [1.29, 1.82) is 0 Å². The Morgan fingerprint density at radius 1 is 0.833 bits per heavy atom. The van der Waals surface area contributed by atoms with Crippen molar-refractivity contribution in [1.82, 2.24) is 0 Å². The molecule has 0 saturated heterocycles. The van der Waals surface area contributed by atoms with Crippen molar-refractivity contribution in [2.24, 2.45) is 0 Å². The van der Waals surface area contributed by atoms with Gasteiger partial charge in [-0.05, 0) is 41.8 Å². The first-order chi connectivity index (χ1) is 14.6. The minimum Gasteiger partial charge on any atom is -0.467 e. The number of ether oxygens (including phenoxy) is 2. The van der Waals surface area contributed by atoms with Crippen molar-refractivity contribution < 1.29 is 9.47 Å². The third kappa shape index (κ3) is 5.50. The molecule has 0 aliphatic heterocycles. The van der Waals surface area contributed by atoms with Gasteiger partial charge >= 0.3 is 0 Å². The van der Waals surface area contributed by atoms with Crippen LogP contribution >= 0.6 is 8.58 Å². The Morgan fingerprint density at radius 3 is 1.97 bits per heavy atom. The summed E-state index contributed by atoms with van der Waals surface area (Å²) in [6.07, 6.45) is 2.85. The second-order valence-corrected chi connectivity index (χ2v) is 9.55. The van der Waals surface area contributed by atoms with E-state index in [4.69, 9.17) is 9.47 Å². The van der Waals surface area contributed by atoms with Crippen molar-refractivity contribution in [2.45, 2.75) is 38.3 Å². The van der Waals surface area contributed by atoms with E-state index in [0.717, 1.165) is 33.6 Å². The van der Waals surface area contributed by atoms with Gasteiger partial charge in [0.1, 0.15) is 5.75 Å². The molecule has 30 heavy (non-hydrogen) atoms. The van der Waals surface area contributed by atoms with Gasteiger partial charge in [-0.25, -0.2) is 0 Å². The average Bonchev–Trinajstić information content (AvgIpc) is 2.79. The molecule has 0 radical (unpaired) electrons. The Labute approximate surface area is 183 Å². The van der Waals surface area contributed by atoms with Gasteiger partial charge in [0, 0.05) is 24.3 Å². The standard InChI is InChI=1S/C27H33O2P/c1-5-27(2,30-4)25-19-23(16-21-12-8-6-9-13-21)18-24(26(25)29-20-28-3)17-22-14-10-7-11-15-22/h6-15,18-19,30H,5,16-17,20H2,1-4H3. The highest BCUT2D eigenvalue weighted by molar-refractivity contribution is 7.38. The number of rotatable bonds is 10. The summed E-state index contributed by atoms with van der Waals surface area (Å²) in [6, 6.07) is 26.0. The van der Waals surface area contributed by atoms with Crippen LogP contribution in [0.15, 0.2) is 72.8 Å². The maximum Gasteiger partial charge on any atom is 0.188 e. The van der Waals surface area contributed by atoms with Crippen LogP contribution in [-0.2, 0) is 22.7 Å². The molecule has 3 heteroatoms. The zero-order valence-corrected chi connectivity index (χ0v) is 19.6. The lowest BCUT2D eigenvalue weighted by Crippen LogP contribution is -2.18. The molecule has 0 amide bonds. The van der Waals surface area contributed by atoms with Crippen molar-refractivity contribution in [3.05, 3.63) is 101 Å². The molecule has 0 saturated carbocycles. The topological polar surface area (TPSA) is 18.5 Å². The molecule has 2 nitrogen and oxygen atoms in total. The van der Waals surface area contributed by atoms with E-state index in [-0.39, 0.29) is 11.9 Å². The molecule has 2 unspecified atom stereocenters. The molecular formula is C27H33O2P. The molecule has 3 rings (SSSR count). The van der Waals surface area contributed by atoms with Gasteiger partial charge in [0.05, 0.1) is 0 Å². The molecule has 0 aliphatic carbocycles. The third-order valence-electron chi connectivity index (χ3n) is 5.89. The van der Waals surface area contributed by atoms with E-state index < -0.39 is 0 Å². The summed E-state index contributed by atoms with van der Waals surface area (Å²) in [4.78, 5) is 0. The second-order valence-electron chi connectivity index (χ2n) is 7.94. The van der Waals surface area contributed by atoms with Gasteiger partial charge < -0.3 is 9.47 Å². The Kier molecular flexibility index (Phi) is 8.08. The van der Waals surface area contributed by atoms with Gasteiger partial charge in [0.2, 0.25) is 0 Å². The van der Waals surface area contributed by atoms with Gasteiger partial charge in [-0.3, -0.25) is 0 Å². The predicted octanol–water partition coefficient (Wildman–Crippen LogP) is 6.78. The van der Waals surface area contributed by atoms with Gasteiger partial charge in [0.15, 0.2) is 6.79 Å². The first kappa shape index (κ1) is 22.5. The zero-order valence-electron chi connectivity index (χ0n) is 18.6. The molecule has 0 spiro atoms. The lowest BCUT2D eigenvalue weighted by Gasteiger charge is -2.31. The van der Waals surface area contributed by atoms with Crippen LogP contribution in [0.3, 0.4) is 0 Å². The summed E-state index contributed by atoms with van der Waals surface area (Å²) in [5, 5.41) is 0.0845. The minimum absolute atomic E-state index is 0.0845. The van der Waals surface area contributed by atoms with E-state index in [1.54, 1.807) is 7.11 Å². The summed E-state index contributed by atoms with van der Waals surface area (Å²) < 4.78 is 11.5. The summed E-state index contributed by atoms with van der Waals surface area (Å²) in [5.74, 6) is 0.996. The van der Waals surface area contributed by atoms with Crippen molar-refractivity contribution in [2.75, 3.05) is 20.6 Å². The monoisotopic (exact) mass is 420 g/mol. The van der Waals surface area contributed by atoms with Crippen LogP contribution in [0, 0.1) is 0 Å². The lowest BCUT2D eigenvalue weighted by atomic mass is 9.88. The highest BCUT2D eigenvalue weighted by Crippen LogP contribution is 2.48. The van der Waals surface area contributed by atoms with E-state index in [1.165, 1.54) is 27.8 Å². The third-order valence-corrected chi connectivity index (χ3v) is 7.62. The van der Waals surface area contributed by atoms with Gasteiger partial charge in [-0.15, -0.1) is 8.58 Å². The van der Waals surface area contributed by atoms with Crippen molar-refractivity contribution in [3.63, 3.8) is 0 Å². The normalized spacial score (nSPS) is 13.5. The molecule has 0 aliphatic rings. The molecule has 0 fully saturated rings. The molecule has 0 aromatic heterocycles. The first-order valence-electron chi connectivity index (χ1n) is 10.6. The van der Waals surface area contributed by atoms with Crippen LogP contribution in [-0.4, -0.2) is 20.6 Å². The van der Waals surface area contributed by atoms with Crippen molar-refractivity contribution >= 4 is 8.58 Å². The number of benzene rings is 3. The molecule has 3 aromatic rings. The number of hydrogen-bond donors (Lipinski definition) is 0. The Bertz CT molecular complexity index is 918. The highest BCUT2D eigenvalue weighted by atomic mass is 31.1. The maximum absolute atomic E-state index is 6.23. The van der Waals surface area contributed by atoms with Crippen LogP contribution in [0.25, 0.3) is 0 Å². The van der Waals surface area contributed by atoms with Crippen molar-refractivity contribution in [3.8, 4) is 5.75 Å². The van der Waals surface area contributed by atoms with Crippen LogP contribution < -0.4 is 4.74 Å². The Hall–Kier alpha value is -2.15. The summed E-state index contributed by atoms with van der Waals surface area (Å²) >= 11 is 0. The molecule has 2 atom stereocenters. The van der Waals surface area contributed by atoms with Crippen LogP contribution in [0.2, 0.25) is 0 Å². The largest absolute Gasteiger partial charge is 0.467 e. The smallest absolute Gasteiger partial charge is 0.188 e. The van der Waals surface area contributed by atoms with Crippen LogP contribution in [0.1, 0.15) is 48.1 Å². The summed E-state index contributed by atoms with van der Waals surface area (Å²) in [6.45, 7) is 7.19. The van der Waals surface area contributed by atoms with Gasteiger partial charge in [-0.1, -0.05) is 86.6 Å². The number of hydrogen-bond acceptors (Lipinski definition) is 2. The molecular weight excluding hydrogens is 387 g/mol. The SMILES string of the molecule is CCC(C)(PC)c1cc(Cc2ccccc2)cc(Cc2ccccc2)c1OCOC. The Balaban J connectivity index is 2.13. The van der Waals surface area contributed by atoms with Gasteiger partial charge in [0.25, 0.3) is 0 Å². The molecule has 158 valence electrons. The molecule has 0 N–H and O–H groups in total. The fourth-order valence-electron chi connectivity index (χ4n) is 3.84. The number of methoxy groups -OCH3 is 1. The maximum atomic E-state index is 6.23. The second kappa shape index (κ2) is 10.8. The van der Waals surface area contributed by atoms with E-state index >= 15 is 0 Å². The van der Waals surface area contributed by atoms with E-state index in [2.05, 4.69) is 93.3 Å². The fraction of sp³-hybridized carbons (Fsp3) is 0.333. The zero-order chi connectivity index (χ0) is 21.4. The van der Waals surface area contributed by atoms with E-state index in [0.29, 0.717) is 0 Å². The molecule has 0 bridgehead atoms. The Morgan fingerprint density at radius 2 is 1.43 bits per heavy atom. The first-order valence-corrected chi connectivity index (χ1v) is 12.1. The summed E-state index contributed by atoms with van der Waals surface area (Å²) in [5.41, 5.74) is 6.50. The minimum atomic E-state index is 0.0845. The van der Waals surface area contributed by atoms with E-state index in [9.17, 15) is 0 Å². The van der Waals surface area contributed by atoms with Crippen LogP contribution in [0.4, 0.5) is 0 Å². The van der Waals surface area contributed by atoms with E-state index in [1.807, 2.05) is 0 Å².